The second kappa shape index (κ2) is 7.22. The number of benzene rings is 1. The quantitative estimate of drug-likeness (QED) is 0.637. The molecule has 0 amide bonds. The van der Waals surface area contributed by atoms with Gasteiger partial charge in [-0.25, -0.2) is 4.39 Å². The highest BCUT2D eigenvalue weighted by Crippen LogP contribution is 2.28. The van der Waals surface area contributed by atoms with Crippen molar-refractivity contribution in [3.63, 3.8) is 0 Å². The first-order valence-electron chi connectivity index (χ1n) is 7.09. The second-order valence-electron chi connectivity index (χ2n) is 5.54. The molecule has 1 aromatic carbocycles. The van der Waals surface area contributed by atoms with Gasteiger partial charge in [0.2, 0.25) is 0 Å². The van der Waals surface area contributed by atoms with Crippen molar-refractivity contribution >= 4 is 11.6 Å². The van der Waals surface area contributed by atoms with Gasteiger partial charge >= 0.3 is 0 Å². The first-order valence-corrected chi connectivity index (χ1v) is 7.47. The van der Waals surface area contributed by atoms with Gasteiger partial charge in [-0.1, -0.05) is 49.8 Å². The molecule has 106 valence electrons. The Balaban J connectivity index is 1.94. The molecular formula is C15H22ClFN2. The van der Waals surface area contributed by atoms with Crippen LogP contribution in [-0.2, 0) is 6.42 Å². The Hall–Kier alpha value is -0.640. The van der Waals surface area contributed by atoms with Gasteiger partial charge in [0.25, 0.3) is 0 Å². The molecular weight excluding hydrogens is 263 g/mol. The van der Waals surface area contributed by atoms with E-state index in [9.17, 15) is 4.39 Å². The van der Waals surface area contributed by atoms with Crippen LogP contribution in [0, 0.1) is 11.7 Å². The van der Waals surface area contributed by atoms with E-state index in [0.717, 1.165) is 24.3 Å². The summed E-state index contributed by atoms with van der Waals surface area (Å²) in [4.78, 5) is 0. The standard InChI is InChI=1S/C15H22ClFN2/c16-15-10-13(17)7-6-12(15)9-14(19-18)8-11-4-2-1-3-5-11/h6-7,10-11,14,19H,1-5,8-9,18H2. The largest absolute Gasteiger partial charge is 0.271 e. The summed E-state index contributed by atoms with van der Waals surface area (Å²) in [5, 5.41) is 0.490. The second-order valence-corrected chi connectivity index (χ2v) is 5.95. The Bertz CT molecular complexity index is 405. The topological polar surface area (TPSA) is 38.0 Å². The van der Waals surface area contributed by atoms with Crippen molar-refractivity contribution in [3.8, 4) is 0 Å². The molecule has 0 aliphatic heterocycles. The summed E-state index contributed by atoms with van der Waals surface area (Å²) in [6.45, 7) is 0. The van der Waals surface area contributed by atoms with Gasteiger partial charge < -0.3 is 0 Å². The van der Waals surface area contributed by atoms with Crippen LogP contribution in [0.15, 0.2) is 18.2 Å². The van der Waals surface area contributed by atoms with Crippen molar-refractivity contribution in [2.24, 2.45) is 11.8 Å². The summed E-state index contributed by atoms with van der Waals surface area (Å²) in [7, 11) is 0. The van der Waals surface area contributed by atoms with Gasteiger partial charge in [-0.3, -0.25) is 11.3 Å². The SMILES string of the molecule is NNC(Cc1ccc(F)cc1Cl)CC1CCCCC1. The van der Waals surface area contributed by atoms with Gasteiger partial charge in [0.1, 0.15) is 5.82 Å². The summed E-state index contributed by atoms with van der Waals surface area (Å²) in [6, 6.07) is 4.79. The Kier molecular flexibility index (Phi) is 5.61. The van der Waals surface area contributed by atoms with E-state index in [0.29, 0.717) is 5.02 Å². The predicted octanol–water partition coefficient (Wildman–Crippen LogP) is 3.82. The molecule has 1 aliphatic carbocycles. The Morgan fingerprint density at radius 2 is 2.05 bits per heavy atom. The lowest BCUT2D eigenvalue weighted by Gasteiger charge is -2.26. The fraction of sp³-hybridized carbons (Fsp3) is 0.600. The summed E-state index contributed by atoms with van der Waals surface area (Å²) in [6.07, 6.45) is 8.46. The molecule has 0 heterocycles. The number of halogens is 2. The maximum Gasteiger partial charge on any atom is 0.124 e. The lowest BCUT2D eigenvalue weighted by atomic mass is 9.84. The predicted molar refractivity (Wildman–Crippen MR) is 77.4 cm³/mol. The number of hydrogen-bond acceptors (Lipinski definition) is 2. The van der Waals surface area contributed by atoms with E-state index in [1.165, 1.54) is 44.2 Å². The molecule has 1 unspecified atom stereocenters. The van der Waals surface area contributed by atoms with E-state index < -0.39 is 0 Å². The van der Waals surface area contributed by atoms with Crippen molar-refractivity contribution < 1.29 is 4.39 Å². The normalized spacial score (nSPS) is 18.5. The molecule has 1 saturated carbocycles. The van der Waals surface area contributed by atoms with Crippen LogP contribution in [0.3, 0.4) is 0 Å². The summed E-state index contributed by atoms with van der Waals surface area (Å²) in [5.74, 6) is 6.12. The molecule has 1 aliphatic rings. The van der Waals surface area contributed by atoms with Crippen LogP contribution in [0.1, 0.15) is 44.1 Å². The number of nitrogens with two attached hydrogens (primary N) is 1. The molecule has 0 radical (unpaired) electrons. The third-order valence-corrected chi connectivity index (χ3v) is 4.41. The van der Waals surface area contributed by atoms with Gasteiger partial charge in [-0.05, 0) is 36.5 Å². The molecule has 4 heteroatoms. The summed E-state index contributed by atoms with van der Waals surface area (Å²) >= 11 is 6.06. The van der Waals surface area contributed by atoms with E-state index in [2.05, 4.69) is 5.43 Å². The molecule has 19 heavy (non-hydrogen) atoms. The van der Waals surface area contributed by atoms with Crippen LogP contribution in [0.5, 0.6) is 0 Å². The van der Waals surface area contributed by atoms with Gasteiger partial charge in [0.05, 0.1) is 0 Å². The van der Waals surface area contributed by atoms with E-state index in [1.54, 1.807) is 6.07 Å². The molecule has 1 aromatic rings. The maximum atomic E-state index is 13.0. The Morgan fingerprint density at radius 1 is 1.32 bits per heavy atom. The van der Waals surface area contributed by atoms with Crippen LogP contribution in [0.25, 0.3) is 0 Å². The Labute approximate surface area is 119 Å². The highest BCUT2D eigenvalue weighted by atomic mass is 35.5. The molecule has 1 fully saturated rings. The number of nitrogens with one attached hydrogen (secondary N) is 1. The number of hydrogen-bond donors (Lipinski definition) is 2. The number of hydrazine groups is 1. The van der Waals surface area contributed by atoms with Crippen LogP contribution in [0.2, 0.25) is 5.02 Å². The van der Waals surface area contributed by atoms with Gasteiger partial charge in [0, 0.05) is 11.1 Å². The van der Waals surface area contributed by atoms with Crippen LogP contribution < -0.4 is 11.3 Å². The third kappa shape index (κ3) is 4.44. The smallest absolute Gasteiger partial charge is 0.124 e. The lowest BCUT2D eigenvalue weighted by Crippen LogP contribution is -2.38. The first kappa shape index (κ1) is 14.8. The van der Waals surface area contributed by atoms with E-state index >= 15 is 0 Å². The zero-order valence-corrected chi connectivity index (χ0v) is 11.9. The zero-order valence-electron chi connectivity index (χ0n) is 11.2. The van der Waals surface area contributed by atoms with Crippen molar-refractivity contribution in [1.29, 1.82) is 0 Å². The molecule has 3 N–H and O–H groups in total. The zero-order chi connectivity index (χ0) is 13.7. The highest BCUT2D eigenvalue weighted by Gasteiger charge is 2.19. The first-order chi connectivity index (χ1) is 9.19. The van der Waals surface area contributed by atoms with E-state index in [4.69, 9.17) is 17.4 Å². The van der Waals surface area contributed by atoms with Crippen molar-refractivity contribution in [1.82, 2.24) is 5.43 Å². The Morgan fingerprint density at radius 3 is 2.68 bits per heavy atom. The minimum absolute atomic E-state index is 0.214. The summed E-state index contributed by atoms with van der Waals surface area (Å²) < 4.78 is 13.0. The van der Waals surface area contributed by atoms with Crippen LogP contribution in [0.4, 0.5) is 4.39 Å². The molecule has 2 nitrogen and oxygen atoms in total. The van der Waals surface area contributed by atoms with Gasteiger partial charge in [0.15, 0.2) is 0 Å². The van der Waals surface area contributed by atoms with Crippen LogP contribution >= 0.6 is 11.6 Å². The van der Waals surface area contributed by atoms with Gasteiger partial charge in [-0.2, -0.15) is 0 Å². The summed E-state index contributed by atoms with van der Waals surface area (Å²) in [5.41, 5.74) is 3.85. The van der Waals surface area contributed by atoms with E-state index in [-0.39, 0.29) is 11.9 Å². The molecule has 0 aromatic heterocycles. The van der Waals surface area contributed by atoms with Crippen LogP contribution in [-0.4, -0.2) is 6.04 Å². The highest BCUT2D eigenvalue weighted by molar-refractivity contribution is 6.31. The molecule has 0 saturated heterocycles. The molecule has 1 atom stereocenters. The van der Waals surface area contributed by atoms with Crippen molar-refractivity contribution in [2.45, 2.75) is 51.0 Å². The number of rotatable bonds is 5. The molecule has 0 bridgehead atoms. The third-order valence-electron chi connectivity index (χ3n) is 4.06. The molecule has 0 spiro atoms. The minimum Gasteiger partial charge on any atom is -0.271 e. The minimum atomic E-state index is -0.293. The monoisotopic (exact) mass is 284 g/mol. The van der Waals surface area contributed by atoms with E-state index in [1.807, 2.05) is 0 Å². The lowest BCUT2D eigenvalue weighted by molar-refractivity contribution is 0.298. The van der Waals surface area contributed by atoms with Gasteiger partial charge in [-0.15, -0.1) is 0 Å². The average molecular weight is 285 g/mol. The fourth-order valence-electron chi connectivity index (χ4n) is 2.99. The fourth-order valence-corrected chi connectivity index (χ4v) is 3.23. The average Bonchev–Trinajstić information content (AvgIpc) is 2.42. The van der Waals surface area contributed by atoms with Crippen molar-refractivity contribution in [2.75, 3.05) is 0 Å². The van der Waals surface area contributed by atoms with Crippen molar-refractivity contribution in [3.05, 3.63) is 34.6 Å². The molecule has 2 rings (SSSR count). The maximum absolute atomic E-state index is 13.0.